The van der Waals surface area contributed by atoms with Crippen LogP contribution >= 0.6 is 11.3 Å². The van der Waals surface area contributed by atoms with Crippen LogP contribution in [-0.2, 0) is 12.8 Å². The zero-order valence-corrected chi connectivity index (χ0v) is 11.2. The van der Waals surface area contributed by atoms with Gasteiger partial charge in [0.25, 0.3) is 5.56 Å². The highest BCUT2D eigenvalue weighted by Crippen LogP contribution is 2.11. The molecule has 0 aliphatic rings. The van der Waals surface area contributed by atoms with E-state index in [1.54, 1.807) is 18.3 Å². The van der Waals surface area contributed by atoms with Gasteiger partial charge in [-0.2, -0.15) is 0 Å². The van der Waals surface area contributed by atoms with Crippen LogP contribution in [0.4, 0.5) is 0 Å². The van der Waals surface area contributed by atoms with E-state index >= 15 is 0 Å². The van der Waals surface area contributed by atoms with Gasteiger partial charge < -0.3 is 10.1 Å². The number of aliphatic hydroxyl groups is 1. The number of thiazole rings is 1. The van der Waals surface area contributed by atoms with Crippen molar-refractivity contribution in [2.75, 3.05) is 6.61 Å². The average molecular weight is 265 g/mol. The van der Waals surface area contributed by atoms with E-state index in [-0.39, 0.29) is 12.2 Å². The number of aromatic nitrogens is 3. The molecule has 6 heteroatoms. The van der Waals surface area contributed by atoms with Crippen LogP contribution in [0.15, 0.2) is 10.2 Å². The number of hydrogen-bond donors (Lipinski definition) is 2. The number of rotatable bonds is 4. The zero-order chi connectivity index (χ0) is 13.1. The quantitative estimate of drug-likeness (QED) is 0.863. The van der Waals surface area contributed by atoms with Crippen molar-refractivity contribution < 1.29 is 5.11 Å². The Kier molecular flexibility index (Phi) is 3.88. The molecule has 96 valence electrons. The predicted molar refractivity (Wildman–Crippen MR) is 70.0 cm³/mol. The summed E-state index contributed by atoms with van der Waals surface area (Å²) in [6.07, 6.45) is 0.865. The molecule has 0 aliphatic heterocycles. The fourth-order valence-electron chi connectivity index (χ4n) is 1.82. The van der Waals surface area contributed by atoms with Crippen LogP contribution in [0.25, 0.3) is 0 Å². The largest absolute Gasteiger partial charge is 0.396 e. The van der Waals surface area contributed by atoms with E-state index in [4.69, 9.17) is 5.11 Å². The third-order valence-electron chi connectivity index (χ3n) is 2.65. The topological polar surface area (TPSA) is 78.9 Å². The molecule has 0 unspecified atom stereocenters. The summed E-state index contributed by atoms with van der Waals surface area (Å²) in [5.41, 5.74) is 1.97. The van der Waals surface area contributed by atoms with Crippen LogP contribution in [0.1, 0.15) is 27.8 Å². The van der Waals surface area contributed by atoms with Gasteiger partial charge in [0.2, 0.25) is 0 Å². The minimum atomic E-state index is -0.168. The highest BCUT2D eigenvalue weighted by Gasteiger charge is 2.09. The normalized spacial score (nSPS) is 10.8. The Morgan fingerprint density at radius 1 is 1.39 bits per heavy atom. The smallest absolute Gasteiger partial charge is 0.254 e. The molecule has 0 aromatic carbocycles. The predicted octanol–water partition coefficient (Wildman–Crippen LogP) is 0.969. The summed E-state index contributed by atoms with van der Waals surface area (Å²) in [4.78, 5) is 23.3. The molecule has 0 bridgehead atoms. The summed E-state index contributed by atoms with van der Waals surface area (Å²) in [6, 6.07) is 0. The molecule has 0 spiro atoms. The molecule has 2 heterocycles. The van der Waals surface area contributed by atoms with Gasteiger partial charge in [-0.25, -0.2) is 9.97 Å². The standard InChI is InChI=1S/C12H15N3O2S/c1-7-10(3-4-16)12(17)15-11(13-7)5-9-6-18-8(2)14-9/h6,16H,3-5H2,1-2H3,(H,13,15,17). The van der Waals surface area contributed by atoms with E-state index in [1.165, 1.54) is 0 Å². The Hall–Kier alpha value is -1.53. The molecule has 0 radical (unpaired) electrons. The maximum atomic E-state index is 11.8. The molecule has 0 atom stereocenters. The number of aliphatic hydroxyl groups excluding tert-OH is 1. The first kappa shape index (κ1) is 12.9. The lowest BCUT2D eigenvalue weighted by Gasteiger charge is -2.05. The van der Waals surface area contributed by atoms with Gasteiger partial charge in [-0.3, -0.25) is 4.79 Å². The van der Waals surface area contributed by atoms with Crippen LogP contribution < -0.4 is 5.56 Å². The van der Waals surface area contributed by atoms with Crippen molar-refractivity contribution in [2.24, 2.45) is 0 Å². The van der Waals surface area contributed by atoms with Crippen LogP contribution in [0.2, 0.25) is 0 Å². The van der Waals surface area contributed by atoms with Crippen LogP contribution in [0.3, 0.4) is 0 Å². The van der Waals surface area contributed by atoms with Gasteiger partial charge in [0.05, 0.1) is 10.7 Å². The van der Waals surface area contributed by atoms with Crippen LogP contribution in [0, 0.1) is 13.8 Å². The Balaban J connectivity index is 2.28. The molecule has 0 aliphatic carbocycles. The summed E-state index contributed by atoms with van der Waals surface area (Å²) in [5.74, 6) is 0.615. The number of nitrogens with zero attached hydrogens (tertiary/aromatic N) is 2. The van der Waals surface area contributed by atoms with Gasteiger partial charge in [-0.05, 0) is 13.8 Å². The minimum absolute atomic E-state index is 0.0454. The average Bonchev–Trinajstić information content (AvgIpc) is 2.69. The number of aryl methyl sites for hydroxylation is 2. The van der Waals surface area contributed by atoms with E-state index in [9.17, 15) is 4.79 Å². The summed E-state index contributed by atoms with van der Waals surface area (Å²) < 4.78 is 0. The molecule has 2 aromatic rings. The van der Waals surface area contributed by atoms with Gasteiger partial charge in [-0.1, -0.05) is 0 Å². The Morgan fingerprint density at radius 2 is 2.17 bits per heavy atom. The van der Waals surface area contributed by atoms with Crippen molar-refractivity contribution in [1.29, 1.82) is 0 Å². The minimum Gasteiger partial charge on any atom is -0.396 e. The zero-order valence-electron chi connectivity index (χ0n) is 10.4. The first-order valence-corrected chi connectivity index (χ1v) is 6.58. The fraction of sp³-hybridized carbons (Fsp3) is 0.417. The van der Waals surface area contributed by atoms with Crippen LogP contribution in [0.5, 0.6) is 0 Å². The van der Waals surface area contributed by atoms with Crippen LogP contribution in [-0.4, -0.2) is 26.7 Å². The van der Waals surface area contributed by atoms with Gasteiger partial charge in [0, 0.05) is 36.1 Å². The number of hydrogen-bond acceptors (Lipinski definition) is 5. The third kappa shape index (κ3) is 2.83. The van der Waals surface area contributed by atoms with E-state index in [0.717, 1.165) is 10.7 Å². The van der Waals surface area contributed by atoms with Crippen molar-refractivity contribution in [2.45, 2.75) is 26.7 Å². The summed E-state index contributed by atoms with van der Waals surface area (Å²) in [6.45, 7) is 3.69. The summed E-state index contributed by atoms with van der Waals surface area (Å²) in [7, 11) is 0. The second-order valence-electron chi connectivity index (χ2n) is 4.08. The Labute approximate surface area is 109 Å². The molecule has 2 rings (SSSR count). The maximum Gasteiger partial charge on any atom is 0.254 e. The van der Waals surface area contributed by atoms with Gasteiger partial charge >= 0.3 is 0 Å². The Morgan fingerprint density at radius 3 is 2.72 bits per heavy atom. The highest BCUT2D eigenvalue weighted by atomic mass is 32.1. The number of H-pyrrole nitrogens is 1. The SMILES string of the molecule is Cc1nc(Cc2nc(C)c(CCO)c(=O)[nH]2)cs1. The number of aromatic amines is 1. The Bertz CT molecular complexity index is 604. The molecule has 0 saturated heterocycles. The lowest BCUT2D eigenvalue weighted by molar-refractivity contribution is 0.298. The number of nitrogens with one attached hydrogen (secondary N) is 1. The van der Waals surface area contributed by atoms with Crippen molar-refractivity contribution in [3.63, 3.8) is 0 Å². The monoisotopic (exact) mass is 265 g/mol. The van der Waals surface area contributed by atoms with E-state index in [1.807, 2.05) is 12.3 Å². The molecular formula is C12H15N3O2S. The highest BCUT2D eigenvalue weighted by molar-refractivity contribution is 7.09. The first-order chi connectivity index (χ1) is 8.60. The van der Waals surface area contributed by atoms with Crippen molar-refractivity contribution in [3.8, 4) is 0 Å². The van der Waals surface area contributed by atoms with E-state index in [2.05, 4.69) is 15.0 Å². The first-order valence-electron chi connectivity index (χ1n) is 5.70. The van der Waals surface area contributed by atoms with Gasteiger partial charge in [0.15, 0.2) is 0 Å². The van der Waals surface area contributed by atoms with Gasteiger partial charge in [-0.15, -0.1) is 11.3 Å². The fourth-order valence-corrected chi connectivity index (χ4v) is 2.43. The van der Waals surface area contributed by atoms with E-state index < -0.39 is 0 Å². The molecule has 18 heavy (non-hydrogen) atoms. The second kappa shape index (κ2) is 5.41. The summed E-state index contributed by atoms with van der Waals surface area (Å²) in [5, 5.41) is 11.9. The van der Waals surface area contributed by atoms with E-state index in [0.29, 0.717) is 29.9 Å². The van der Waals surface area contributed by atoms with Crippen molar-refractivity contribution >= 4 is 11.3 Å². The molecule has 0 saturated carbocycles. The molecular weight excluding hydrogens is 250 g/mol. The van der Waals surface area contributed by atoms with Crippen molar-refractivity contribution in [3.05, 3.63) is 43.5 Å². The molecule has 0 fully saturated rings. The maximum absolute atomic E-state index is 11.8. The summed E-state index contributed by atoms with van der Waals surface area (Å²) >= 11 is 1.58. The molecule has 2 N–H and O–H groups in total. The van der Waals surface area contributed by atoms with Crippen molar-refractivity contribution in [1.82, 2.24) is 15.0 Å². The van der Waals surface area contributed by atoms with Gasteiger partial charge in [0.1, 0.15) is 5.82 Å². The lowest BCUT2D eigenvalue weighted by Crippen LogP contribution is -2.20. The molecule has 0 amide bonds. The molecule has 5 nitrogen and oxygen atoms in total. The lowest BCUT2D eigenvalue weighted by atomic mass is 10.2. The molecule has 2 aromatic heterocycles. The third-order valence-corrected chi connectivity index (χ3v) is 3.47. The second-order valence-corrected chi connectivity index (χ2v) is 5.15.